The van der Waals surface area contributed by atoms with Crippen LogP contribution >= 0.6 is 0 Å². The molecular formula is C31H38N4O6S. The summed E-state index contributed by atoms with van der Waals surface area (Å²) in [5, 5.41) is 8.09. The number of nitrogens with two attached hydrogens (primary N) is 1. The first kappa shape index (κ1) is 32.5. The smallest absolute Gasteiger partial charge is 0.271 e. The van der Waals surface area contributed by atoms with Crippen molar-refractivity contribution in [1.82, 2.24) is 16.0 Å². The van der Waals surface area contributed by atoms with Gasteiger partial charge in [0.2, 0.25) is 11.8 Å². The van der Waals surface area contributed by atoms with Crippen molar-refractivity contribution in [2.45, 2.75) is 51.1 Å². The fourth-order valence-corrected chi connectivity index (χ4v) is 5.16. The first-order valence-corrected chi connectivity index (χ1v) is 15.2. The van der Waals surface area contributed by atoms with Crippen molar-refractivity contribution in [2.75, 3.05) is 13.2 Å². The molecule has 0 aliphatic carbocycles. The molecule has 0 heterocycles. The van der Waals surface area contributed by atoms with Gasteiger partial charge in [-0.25, -0.2) is 0 Å². The summed E-state index contributed by atoms with van der Waals surface area (Å²) in [6.45, 7) is 5.24. The minimum absolute atomic E-state index is 0.0766. The van der Waals surface area contributed by atoms with Gasteiger partial charge in [0.1, 0.15) is 11.8 Å². The minimum atomic E-state index is -4.03. The Bertz CT molecular complexity index is 1470. The molecule has 11 heteroatoms. The molecule has 0 aromatic heterocycles. The van der Waals surface area contributed by atoms with E-state index in [9.17, 15) is 22.8 Å². The first-order chi connectivity index (χ1) is 19.9. The van der Waals surface area contributed by atoms with Crippen LogP contribution in [0.5, 0.6) is 0 Å². The Morgan fingerprint density at radius 2 is 1.52 bits per heavy atom. The second-order valence-corrected chi connectivity index (χ2v) is 12.2. The molecular weight excluding hydrogens is 556 g/mol. The third-order valence-corrected chi connectivity index (χ3v) is 7.29. The number of rotatable bonds is 14. The van der Waals surface area contributed by atoms with Gasteiger partial charge >= 0.3 is 0 Å². The van der Waals surface area contributed by atoms with Crippen molar-refractivity contribution in [3.8, 4) is 11.1 Å². The summed E-state index contributed by atoms with van der Waals surface area (Å²) in [4.78, 5) is 38.1. The predicted molar refractivity (Wildman–Crippen MR) is 162 cm³/mol. The Labute approximate surface area is 247 Å². The molecule has 0 fully saturated rings. The molecule has 3 aromatic carbocycles. The highest BCUT2D eigenvalue weighted by Gasteiger charge is 2.26. The molecule has 42 heavy (non-hydrogen) atoms. The number of hydrogen-bond donors (Lipinski definition) is 4. The second-order valence-electron chi connectivity index (χ2n) is 10.6. The lowest BCUT2D eigenvalue weighted by Gasteiger charge is -2.22. The summed E-state index contributed by atoms with van der Waals surface area (Å²) >= 11 is 0. The maximum atomic E-state index is 13.1. The van der Waals surface area contributed by atoms with Crippen molar-refractivity contribution in [1.29, 1.82) is 0 Å². The summed E-state index contributed by atoms with van der Waals surface area (Å²) in [7, 11) is -4.03. The van der Waals surface area contributed by atoms with Gasteiger partial charge < -0.3 is 21.7 Å². The van der Waals surface area contributed by atoms with Crippen molar-refractivity contribution < 1.29 is 27.0 Å². The molecule has 0 saturated carbocycles. The lowest BCUT2D eigenvalue weighted by Crippen LogP contribution is -2.51. The molecule has 0 aliphatic heterocycles. The van der Waals surface area contributed by atoms with Crippen LogP contribution in [0.1, 0.15) is 48.7 Å². The maximum Gasteiger partial charge on any atom is 0.271 e. The summed E-state index contributed by atoms with van der Waals surface area (Å²) in [6, 6.07) is 21.8. The highest BCUT2D eigenvalue weighted by atomic mass is 32.2. The molecule has 10 nitrogen and oxygen atoms in total. The van der Waals surface area contributed by atoms with Gasteiger partial charge in [0, 0.05) is 30.6 Å². The van der Waals surface area contributed by atoms with E-state index in [1.165, 1.54) is 0 Å². The van der Waals surface area contributed by atoms with Crippen molar-refractivity contribution in [3.05, 3.63) is 95.6 Å². The van der Waals surface area contributed by atoms with Gasteiger partial charge in [0.25, 0.3) is 16.0 Å². The van der Waals surface area contributed by atoms with Gasteiger partial charge in [-0.1, -0.05) is 72.8 Å². The average Bonchev–Trinajstić information content (AvgIpc) is 2.94. The zero-order valence-electron chi connectivity index (χ0n) is 24.1. The van der Waals surface area contributed by atoms with Gasteiger partial charge in [-0.15, -0.1) is 0 Å². The minimum Gasteiger partial charge on any atom is -0.352 e. The van der Waals surface area contributed by atoms with Gasteiger partial charge in [-0.2, -0.15) is 8.42 Å². The van der Waals surface area contributed by atoms with Crippen LogP contribution in [0.4, 0.5) is 0 Å². The Hall–Kier alpha value is -4.06. The lowest BCUT2D eigenvalue weighted by atomic mass is 9.98. The second kappa shape index (κ2) is 14.7. The Morgan fingerprint density at radius 3 is 2.17 bits per heavy atom. The Balaban J connectivity index is 1.68. The number of nitrogens with one attached hydrogen (secondary N) is 3. The third kappa shape index (κ3) is 10.4. The molecule has 5 N–H and O–H groups in total. The highest BCUT2D eigenvalue weighted by molar-refractivity contribution is 7.85. The van der Waals surface area contributed by atoms with Crippen LogP contribution in [-0.4, -0.2) is 50.9 Å². The largest absolute Gasteiger partial charge is 0.352 e. The van der Waals surface area contributed by atoms with Crippen LogP contribution in [0.25, 0.3) is 11.1 Å². The van der Waals surface area contributed by atoms with Gasteiger partial charge in [0.15, 0.2) is 0 Å². The van der Waals surface area contributed by atoms with E-state index in [0.717, 1.165) is 16.7 Å². The van der Waals surface area contributed by atoms with E-state index in [-0.39, 0.29) is 24.6 Å². The molecule has 0 aliphatic rings. The zero-order chi connectivity index (χ0) is 30.8. The molecule has 3 rings (SSSR count). The molecule has 0 spiro atoms. The summed E-state index contributed by atoms with van der Waals surface area (Å²) < 4.78 is 30.3. The number of amides is 3. The lowest BCUT2D eigenvalue weighted by molar-refractivity contribution is -0.130. The normalized spacial score (nSPS) is 12.3. The SMILES string of the molecule is CCNC(=O)c1ccccc1-c1ccc(CNC(=O)C(COS(=O)(=O)Cc2ccccc2)NC(=O)CC(C)(C)N)cc1. The van der Waals surface area contributed by atoms with E-state index in [1.807, 2.05) is 43.3 Å². The van der Waals surface area contributed by atoms with Crippen LogP contribution in [0, 0.1) is 0 Å². The van der Waals surface area contributed by atoms with E-state index in [1.54, 1.807) is 56.3 Å². The maximum absolute atomic E-state index is 13.1. The fourth-order valence-electron chi connectivity index (χ4n) is 4.14. The molecule has 0 saturated heterocycles. The fraction of sp³-hybridized carbons (Fsp3) is 0.323. The molecule has 0 radical (unpaired) electrons. The van der Waals surface area contributed by atoms with Crippen LogP contribution in [0.2, 0.25) is 0 Å². The van der Waals surface area contributed by atoms with Crippen LogP contribution < -0.4 is 21.7 Å². The quantitative estimate of drug-likeness (QED) is 0.209. The molecule has 224 valence electrons. The van der Waals surface area contributed by atoms with Crippen molar-refractivity contribution in [2.24, 2.45) is 5.73 Å². The van der Waals surface area contributed by atoms with Crippen molar-refractivity contribution in [3.63, 3.8) is 0 Å². The van der Waals surface area contributed by atoms with E-state index in [4.69, 9.17) is 9.92 Å². The van der Waals surface area contributed by atoms with E-state index >= 15 is 0 Å². The molecule has 1 unspecified atom stereocenters. The standard InChI is InChI=1S/C31H38N4O6S/c1-4-33-29(37)26-13-9-8-12-25(26)24-16-14-22(15-17-24)19-34-30(38)27(35-28(36)18-31(2,3)32)20-41-42(39,40)21-23-10-6-5-7-11-23/h5-17,27H,4,18-21,32H2,1-3H3,(H,33,37)(H,34,38)(H,35,36). The third-order valence-electron chi connectivity index (χ3n) is 6.11. The number of hydrogen-bond acceptors (Lipinski definition) is 7. The Kier molecular flexibility index (Phi) is 11.4. The summed E-state index contributed by atoms with van der Waals surface area (Å²) in [5.41, 5.74) is 8.56. The van der Waals surface area contributed by atoms with Crippen LogP contribution in [-0.2, 0) is 36.2 Å². The first-order valence-electron chi connectivity index (χ1n) is 13.6. The van der Waals surface area contributed by atoms with Gasteiger partial charge in [-0.3, -0.25) is 18.6 Å². The average molecular weight is 595 g/mol. The Morgan fingerprint density at radius 1 is 0.881 bits per heavy atom. The number of carbonyl (C=O) groups is 3. The molecule has 3 aromatic rings. The highest BCUT2D eigenvalue weighted by Crippen LogP contribution is 2.24. The van der Waals surface area contributed by atoms with Gasteiger partial charge in [-0.05, 0) is 49.1 Å². The monoisotopic (exact) mass is 594 g/mol. The zero-order valence-corrected chi connectivity index (χ0v) is 24.9. The molecule has 3 amide bonds. The summed E-state index contributed by atoms with van der Waals surface area (Å²) in [5.74, 6) is -1.66. The summed E-state index contributed by atoms with van der Waals surface area (Å²) in [6.07, 6.45) is -0.0766. The topological polar surface area (TPSA) is 157 Å². The molecule has 1 atom stereocenters. The van der Waals surface area contributed by atoms with E-state index in [2.05, 4.69) is 16.0 Å². The molecule has 0 bridgehead atoms. The van der Waals surface area contributed by atoms with E-state index in [0.29, 0.717) is 17.7 Å². The predicted octanol–water partition coefficient (Wildman–Crippen LogP) is 2.88. The number of benzene rings is 3. The van der Waals surface area contributed by atoms with Crippen LogP contribution in [0.15, 0.2) is 78.9 Å². The van der Waals surface area contributed by atoms with Crippen LogP contribution in [0.3, 0.4) is 0 Å². The van der Waals surface area contributed by atoms with Crippen molar-refractivity contribution >= 4 is 27.8 Å². The van der Waals surface area contributed by atoms with Gasteiger partial charge in [0.05, 0.1) is 6.61 Å². The van der Waals surface area contributed by atoms with E-state index < -0.39 is 40.1 Å². The number of carbonyl (C=O) groups excluding carboxylic acids is 3.